The van der Waals surface area contributed by atoms with Crippen LogP contribution >= 0.6 is 0 Å². The van der Waals surface area contributed by atoms with Gasteiger partial charge in [-0.1, -0.05) is 176 Å². The molecule has 0 aliphatic carbocycles. The van der Waals surface area contributed by atoms with Crippen LogP contribution in [-0.4, -0.2) is 24.9 Å². The molecule has 0 bridgehead atoms. The van der Waals surface area contributed by atoms with Crippen molar-refractivity contribution in [3.63, 3.8) is 0 Å². The maximum atomic E-state index is 5.29. The van der Waals surface area contributed by atoms with Crippen LogP contribution in [-0.2, 0) is 0 Å². The lowest BCUT2D eigenvalue weighted by molar-refractivity contribution is 1.18. The number of benzene rings is 7. The van der Waals surface area contributed by atoms with Crippen LogP contribution in [0.1, 0.15) is 0 Å². The van der Waals surface area contributed by atoms with Gasteiger partial charge in [0, 0.05) is 55.7 Å². The van der Waals surface area contributed by atoms with Gasteiger partial charge in [0.15, 0.2) is 5.82 Å². The van der Waals surface area contributed by atoms with Crippen LogP contribution in [0.2, 0.25) is 0 Å². The number of hydrogen-bond donors (Lipinski definition) is 0. The number of aromatic nitrogens is 5. The molecular weight excluding hydrogens is 731 g/mol. The van der Waals surface area contributed by atoms with Gasteiger partial charge in [-0.05, 0) is 47.0 Å². The lowest BCUT2D eigenvalue weighted by Gasteiger charge is -2.14. The average Bonchev–Trinajstić information content (AvgIpc) is 3.34. The largest absolute Gasteiger partial charge is 0.256 e. The molecule has 4 heterocycles. The minimum Gasteiger partial charge on any atom is -0.256 e. The molecule has 0 aliphatic rings. The summed E-state index contributed by atoms with van der Waals surface area (Å²) in [5, 5.41) is 3.20. The van der Waals surface area contributed by atoms with Gasteiger partial charge in [-0.3, -0.25) is 4.98 Å². The Morgan fingerprint density at radius 3 is 1.52 bits per heavy atom. The van der Waals surface area contributed by atoms with Crippen LogP contribution in [0.15, 0.2) is 212 Å². The Balaban J connectivity index is 1.04. The summed E-state index contributed by atoms with van der Waals surface area (Å²) in [6.45, 7) is 0. The summed E-state index contributed by atoms with van der Waals surface area (Å²) < 4.78 is 0. The van der Waals surface area contributed by atoms with Crippen molar-refractivity contribution in [1.29, 1.82) is 0 Å². The lowest BCUT2D eigenvalue weighted by atomic mass is 9.95. The van der Waals surface area contributed by atoms with E-state index in [1.165, 1.54) is 0 Å². The predicted octanol–water partition coefficient (Wildman–Crippen LogP) is 13.8. The van der Waals surface area contributed by atoms with Gasteiger partial charge >= 0.3 is 0 Å². The zero-order chi connectivity index (χ0) is 39.8. The second kappa shape index (κ2) is 15.0. The summed E-state index contributed by atoms with van der Waals surface area (Å²) in [7, 11) is 0. The van der Waals surface area contributed by atoms with Gasteiger partial charge in [0.2, 0.25) is 0 Å². The van der Waals surface area contributed by atoms with Crippen molar-refractivity contribution < 1.29 is 0 Å². The monoisotopic (exact) mass is 765 g/mol. The third-order valence-corrected chi connectivity index (χ3v) is 11.1. The van der Waals surface area contributed by atoms with Crippen molar-refractivity contribution in [3.8, 4) is 78.7 Å². The van der Waals surface area contributed by atoms with Gasteiger partial charge in [0.1, 0.15) is 0 Å². The van der Waals surface area contributed by atoms with E-state index >= 15 is 0 Å². The van der Waals surface area contributed by atoms with E-state index in [0.29, 0.717) is 5.82 Å². The minimum absolute atomic E-state index is 0.660. The van der Waals surface area contributed by atoms with Gasteiger partial charge in [-0.15, -0.1) is 0 Å². The number of para-hydroxylation sites is 1. The van der Waals surface area contributed by atoms with Crippen LogP contribution < -0.4 is 0 Å². The fraction of sp³-hybridized carbons (Fsp3) is 0. The van der Waals surface area contributed by atoms with E-state index in [4.69, 9.17) is 24.9 Å². The highest BCUT2D eigenvalue weighted by molar-refractivity contribution is 6.09. The second-order valence-electron chi connectivity index (χ2n) is 14.9. The average molecular weight is 766 g/mol. The summed E-state index contributed by atoms with van der Waals surface area (Å²) in [5.41, 5.74) is 15.6. The fourth-order valence-electron chi connectivity index (χ4n) is 8.10. The zero-order valence-corrected chi connectivity index (χ0v) is 32.4. The summed E-state index contributed by atoms with van der Waals surface area (Å²) in [5.74, 6) is 0.660. The van der Waals surface area contributed by atoms with Crippen molar-refractivity contribution >= 4 is 32.7 Å². The Hall–Kier alpha value is -8.15. The molecule has 0 spiro atoms. The topological polar surface area (TPSA) is 64.5 Å². The molecule has 11 rings (SSSR count). The van der Waals surface area contributed by atoms with Gasteiger partial charge in [0.05, 0.1) is 39.3 Å². The first kappa shape index (κ1) is 35.0. The van der Waals surface area contributed by atoms with Crippen LogP contribution in [0.3, 0.4) is 0 Å². The lowest BCUT2D eigenvalue weighted by Crippen LogP contribution is -1.96. The fourth-order valence-corrected chi connectivity index (χ4v) is 8.10. The zero-order valence-electron chi connectivity index (χ0n) is 32.4. The SMILES string of the molecule is c1ccc(-c2cc(-c3ccc(-c4cc(-c5ccccc5)nc5c4ccc4ccc(-c6ccccc6)nc45)cc3)nc(-c3cccc(-c4cccc5cccnc45)c3)n2)cc1. The summed E-state index contributed by atoms with van der Waals surface area (Å²) in [6, 6.07) is 71.4. The van der Waals surface area contributed by atoms with E-state index < -0.39 is 0 Å². The molecule has 0 unspecified atom stereocenters. The highest BCUT2D eigenvalue weighted by atomic mass is 14.9. The molecule has 5 heteroatoms. The standard InChI is InChI=1S/C55H35N5/c1-4-13-37(14-5-1)48-31-29-42-28-30-46-47(34-49(38-15-6-2-7-16-38)58-54(46)53(42)57-48)36-24-26-40(27-25-36)51-35-50(39-17-8-3-9-18-39)59-55(60-51)44-21-10-20-43(33-44)45-23-11-19-41-22-12-32-56-52(41)45/h1-35H. The number of rotatable bonds is 7. The number of hydrogen-bond acceptors (Lipinski definition) is 5. The first-order valence-electron chi connectivity index (χ1n) is 20.1. The Bertz CT molecular complexity index is 3340. The molecule has 0 atom stereocenters. The summed E-state index contributed by atoms with van der Waals surface area (Å²) in [6.07, 6.45) is 1.85. The van der Waals surface area contributed by atoms with Gasteiger partial charge in [-0.25, -0.2) is 19.9 Å². The van der Waals surface area contributed by atoms with Crippen LogP contribution in [0.25, 0.3) is 111 Å². The summed E-state index contributed by atoms with van der Waals surface area (Å²) in [4.78, 5) is 25.6. The quantitative estimate of drug-likeness (QED) is 0.151. The maximum absolute atomic E-state index is 5.29. The molecule has 0 N–H and O–H groups in total. The highest BCUT2D eigenvalue weighted by Gasteiger charge is 2.16. The van der Waals surface area contributed by atoms with E-state index in [2.05, 4.69) is 158 Å². The molecule has 0 saturated carbocycles. The number of nitrogens with zero attached hydrogens (tertiary/aromatic N) is 5. The Morgan fingerprint density at radius 1 is 0.267 bits per heavy atom. The molecular formula is C55H35N5. The summed E-state index contributed by atoms with van der Waals surface area (Å²) >= 11 is 0. The molecule has 0 aliphatic heterocycles. The molecule has 0 radical (unpaired) electrons. The van der Waals surface area contributed by atoms with E-state index in [1.54, 1.807) is 0 Å². The normalized spacial score (nSPS) is 11.3. The molecule has 11 aromatic rings. The van der Waals surface area contributed by atoms with Crippen LogP contribution in [0.5, 0.6) is 0 Å². The van der Waals surface area contributed by atoms with Crippen molar-refractivity contribution in [3.05, 3.63) is 212 Å². The molecule has 5 nitrogen and oxygen atoms in total. The molecule has 7 aromatic carbocycles. The molecule has 0 saturated heterocycles. The van der Waals surface area contributed by atoms with Gasteiger partial charge in [0.25, 0.3) is 0 Å². The maximum Gasteiger partial charge on any atom is 0.160 e. The highest BCUT2D eigenvalue weighted by Crippen LogP contribution is 2.38. The van der Waals surface area contributed by atoms with Crippen LogP contribution in [0.4, 0.5) is 0 Å². The van der Waals surface area contributed by atoms with E-state index in [9.17, 15) is 0 Å². The Morgan fingerprint density at radius 2 is 0.800 bits per heavy atom. The first-order chi connectivity index (χ1) is 29.7. The third kappa shape index (κ3) is 6.54. The minimum atomic E-state index is 0.660. The van der Waals surface area contributed by atoms with Crippen molar-refractivity contribution in [2.24, 2.45) is 0 Å². The van der Waals surface area contributed by atoms with Crippen molar-refractivity contribution in [1.82, 2.24) is 24.9 Å². The molecule has 60 heavy (non-hydrogen) atoms. The van der Waals surface area contributed by atoms with Gasteiger partial charge < -0.3 is 0 Å². The second-order valence-corrected chi connectivity index (χ2v) is 14.9. The molecule has 280 valence electrons. The Kier molecular flexibility index (Phi) is 8.75. The third-order valence-electron chi connectivity index (χ3n) is 11.1. The van der Waals surface area contributed by atoms with E-state index in [0.717, 1.165) is 106 Å². The molecule has 0 fully saturated rings. The van der Waals surface area contributed by atoms with E-state index in [1.807, 2.05) is 54.7 Å². The van der Waals surface area contributed by atoms with Crippen molar-refractivity contribution in [2.75, 3.05) is 0 Å². The van der Waals surface area contributed by atoms with E-state index in [-0.39, 0.29) is 0 Å². The van der Waals surface area contributed by atoms with Crippen molar-refractivity contribution in [2.45, 2.75) is 0 Å². The molecule has 4 aromatic heterocycles. The smallest absolute Gasteiger partial charge is 0.160 e. The van der Waals surface area contributed by atoms with Crippen LogP contribution in [0, 0.1) is 0 Å². The number of fused-ring (bicyclic) bond motifs is 4. The molecule has 0 amide bonds. The Labute approximate surface area is 347 Å². The predicted molar refractivity (Wildman–Crippen MR) is 246 cm³/mol. The first-order valence-corrected chi connectivity index (χ1v) is 20.1. The van der Waals surface area contributed by atoms with Gasteiger partial charge in [-0.2, -0.15) is 0 Å². The number of pyridine rings is 3.